The Kier molecular flexibility index (Phi) is 5.72. The second-order valence-corrected chi connectivity index (χ2v) is 6.55. The fraction of sp³-hybridized carbons (Fsp3) is 0.200. The van der Waals surface area contributed by atoms with Gasteiger partial charge in [-0.15, -0.1) is 0 Å². The number of nitrogens with one attached hydrogen (secondary N) is 2. The normalized spacial score (nSPS) is 11.0. The third-order valence-electron chi connectivity index (χ3n) is 3.02. The number of carbonyl (C=O) groups excluding carboxylic acids is 2. The van der Waals surface area contributed by atoms with Crippen molar-refractivity contribution in [3.8, 4) is 0 Å². The van der Waals surface area contributed by atoms with Crippen LogP contribution in [0.3, 0.4) is 0 Å². The highest BCUT2D eigenvalue weighted by Gasteiger charge is 2.16. The van der Waals surface area contributed by atoms with Crippen molar-refractivity contribution < 1.29 is 27.2 Å². The minimum atomic E-state index is -3.67. The molecule has 2 aromatic rings. The number of amides is 1. The molecule has 2 N–H and O–H groups in total. The van der Waals surface area contributed by atoms with Gasteiger partial charge in [0.2, 0.25) is 10.0 Å². The lowest BCUT2D eigenvalue weighted by Crippen LogP contribution is -2.28. The molecule has 8 nitrogen and oxygen atoms in total. The summed E-state index contributed by atoms with van der Waals surface area (Å²) in [6.07, 6.45) is 1.48. The number of ether oxygens (including phenoxy) is 1. The van der Waals surface area contributed by atoms with E-state index in [4.69, 9.17) is 9.15 Å². The lowest BCUT2D eigenvalue weighted by molar-refractivity contribution is -0.124. The Morgan fingerprint density at radius 3 is 2.67 bits per heavy atom. The van der Waals surface area contributed by atoms with E-state index in [1.165, 1.54) is 37.6 Å². The van der Waals surface area contributed by atoms with E-state index in [1.807, 2.05) is 0 Å². The summed E-state index contributed by atoms with van der Waals surface area (Å²) in [6.45, 7) is -0.304. The van der Waals surface area contributed by atoms with Crippen molar-refractivity contribution >= 4 is 21.9 Å². The molecule has 0 aliphatic rings. The van der Waals surface area contributed by atoms with E-state index in [0.29, 0.717) is 5.76 Å². The summed E-state index contributed by atoms with van der Waals surface area (Å²) in [5, 5.41) is 2.52. The maximum atomic E-state index is 11.9. The summed E-state index contributed by atoms with van der Waals surface area (Å²) in [6, 6.07) is 8.72. The van der Waals surface area contributed by atoms with Crippen LogP contribution in [0.5, 0.6) is 0 Å². The molecule has 24 heavy (non-hydrogen) atoms. The van der Waals surface area contributed by atoms with E-state index < -0.39 is 28.5 Å². The lowest BCUT2D eigenvalue weighted by Gasteiger charge is -2.07. The summed E-state index contributed by atoms with van der Waals surface area (Å²) < 4.78 is 35.5. The van der Waals surface area contributed by atoms with Crippen LogP contribution in [-0.4, -0.2) is 33.9 Å². The van der Waals surface area contributed by atoms with Gasteiger partial charge in [-0.3, -0.25) is 4.79 Å². The molecule has 0 saturated carbocycles. The van der Waals surface area contributed by atoms with Crippen LogP contribution in [0.25, 0.3) is 0 Å². The number of sulfonamides is 1. The first-order valence-electron chi connectivity index (χ1n) is 6.92. The third-order valence-corrected chi connectivity index (χ3v) is 4.44. The van der Waals surface area contributed by atoms with E-state index in [-0.39, 0.29) is 17.0 Å². The molecule has 2 rings (SSSR count). The second kappa shape index (κ2) is 7.75. The van der Waals surface area contributed by atoms with Crippen LogP contribution >= 0.6 is 0 Å². The number of carbonyl (C=O) groups is 2. The number of furan rings is 1. The Balaban J connectivity index is 1.90. The van der Waals surface area contributed by atoms with Crippen LogP contribution in [0.4, 0.5) is 0 Å². The van der Waals surface area contributed by atoms with Crippen molar-refractivity contribution in [2.45, 2.75) is 11.4 Å². The summed E-state index contributed by atoms with van der Waals surface area (Å²) in [7, 11) is -2.40. The maximum Gasteiger partial charge on any atom is 0.338 e. The molecule has 1 heterocycles. The van der Waals surface area contributed by atoms with Gasteiger partial charge in [-0.25, -0.2) is 17.9 Å². The Bertz CT molecular complexity index is 814. The molecule has 0 fully saturated rings. The number of benzene rings is 1. The van der Waals surface area contributed by atoms with Gasteiger partial charge in [0.15, 0.2) is 6.61 Å². The predicted octanol–water partition coefficient (Wildman–Crippen LogP) is 0.661. The Hall–Kier alpha value is -2.65. The molecular weight excluding hydrogens is 336 g/mol. The number of hydrogen-bond donors (Lipinski definition) is 2. The molecule has 1 amide bonds. The largest absolute Gasteiger partial charge is 0.467 e. The van der Waals surface area contributed by atoms with E-state index in [2.05, 4.69) is 10.0 Å². The van der Waals surface area contributed by atoms with Gasteiger partial charge in [0.05, 0.1) is 23.3 Å². The quantitative estimate of drug-likeness (QED) is 0.708. The third kappa shape index (κ3) is 4.67. The van der Waals surface area contributed by atoms with Gasteiger partial charge >= 0.3 is 5.97 Å². The Labute approximate surface area is 138 Å². The summed E-state index contributed by atoms with van der Waals surface area (Å²) in [5.41, 5.74) is 0.0326. The van der Waals surface area contributed by atoms with Crippen molar-refractivity contribution in [3.63, 3.8) is 0 Å². The Morgan fingerprint density at radius 1 is 1.21 bits per heavy atom. The zero-order valence-corrected chi connectivity index (χ0v) is 13.6. The number of hydrogen-bond acceptors (Lipinski definition) is 6. The van der Waals surface area contributed by atoms with Crippen LogP contribution in [0.2, 0.25) is 0 Å². The molecule has 0 radical (unpaired) electrons. The second-order valence-electron chi connectivity index (χ2n) is 4.67. The van der Waals surface area contributed by atoms with Crippen molar-refractivity contribution in [3.05, 3.63) is 54.0 Å². The molecule has 0 saturated heterocycles. The topological polar surface area (TPSA) is 115 Å². The van der Waals surface area contributed by atoms with Crippen LogP contribution in [0.15, 0.2) is 52.0 Å². The molecule has 0 atom stereocenters. The maximum absolute atomic E-state index is 11.9. The highest BCUT2D eigenvalue weighted by atomic mass is 32.2. The first-order chi connectivity index (χ1) is 11.4. The molecule has 9 heteroatoms. The summed E-state index contributed by atoms with van der Waals surface area (Å²) >= 11 is 0. The van der Waals surface area contributed by atoms with Gasteiger partial charge in [-0.1, -0.05) is 6.07 Å². The lowest BCUT2D eigenvalue weighted by atomic mass is 10.2. The van der Waals surface area contributed by atoms with Gasteiger partial charge in [-0.2, -0.15) is 0 Å². The fourth-order valence-electron chi connectivity index (χ4n) is 1.77. The zero-order chi connectivity index (χ0) is 17.6. The standard InChI is InChI=1S/C15H16N2O6S/c1-16-24(20,21)13-6-2-4-11(8-13)15(19)23-10-14(18)17-9-12-5-3-7-22-12/h2-8,16H,9-10H2,1H3,(H,17,18). The molecule has 128 valence electrons. The minimum Gasteiger partial charge on any atom is -0.467 e. The SMILES string of the molecule is CNS(=O)(=O)c1cccc(C(=O)OCC(=O)NCc2ccco2)c1. The average Bonchev–Trinajstić information content (AvgIpc) is 3.11. The van der Waals surface area contributed by atoms with E-state index in [1.54, 1.807) is 12.1 Å². The average molecular weight is 352 g/mol. The van der Waals surface area contributed by atoms with Gasteiger partial charge in [0, 0.05) is 0 Å². The molecule has 1 aromatic carbocycles. The molecule has 0 bridgehead atoms. The van der Waals surface area contributed by atoms with Gasteiger partial charge in [0.25, 0.3) is 5.91 Å². The molecule has 0 aliphatic heterocycles. The first kappa shape index (κ1) is 17.7. The van der Waals surface area contributed by atoms with Crippen molar-refractivity contribution in [1.82, 2.24) is 10.0 Å². The van der Waals surface area contributed by atoms with Crippen molar-refractivity contribution in [2.75, 3.05) is 13.7 Å². The van der Waals surface area contributed by atoms with E-state index >= 15 is 0 Å². The number of rotatable bonds is 7. The van der Waals surface area contributed by atoms with Gasteiger partial charge in [-0.05, 0) is 37.4 Å². The first-order valence-corrected chi connectivity index (χ1v) is 8.40. The summed E-state index contributed by atoms with van der Waals surface area (Å²) in [5.74, 6) is -0.727. The van der Waals surface area contributed by atoms with E-state index in [9.17, 15) is 18.0 Å². The van der Waals surface area contributed by atoms with Crippen molar-refractivity contribution in [2.24, 2.45) is 0 Å². The predicted molar refractivity (Wildman–Crippen MR) is 83.5 cm³/mol. The fourth-order valence-corrected chi connectivity index (χ4v) is 2.55. The van der Waals surface area contributed by atoms with Crippen molar-refractivity contribution in [1.29, 1.82) is 0 Å². The van der Waals surface area contributed by atoms with Crippen LogP contribution in [0, 0.1) is 0 Å². The number of esters is 1. The minimum absolute atomic E-state index is 0.0326. The molecule has 0 unspecified atom stereocenters. The van der Waals surface area contributed by atoms with Gasteiger partial charge < -0.3 is 14.5 Å². The van der Waals surface area contributed by atoms with Crippen LogP contribution in [0.1, 0.15) is 16.1 Å². The van der Waals surface area contributed by atoms with Gasteiger partial charge in [0.1, 0.15) is 5.76 Å². The monoisotopic (exact) mass is 352 g/mol. The highest BCUT2D eigenvalue weighted by molar-refractivity contribution is 7.89. The molecular formula is C15H16N2O6S. The molecule has 0 spiro atoms. The van der Waals surface area contributed by atoms with Crippen LogP contribution in [-0.2, 0) is 26.1 Å². The molecule has 1 aromatic heterocycles. The van der Waals surface area contributed by atoms with Crippen LogP contribution < -0.4 is 10.0 Å². The Morgan fingerprint density at radius 2 is 2.00 bits per heavy atom. The molecule has 0 aliphatic carbocycles. The summed E-state index contributed by atoms with van der Waals surface area (Å²) in [4.78, 5) is 23.5. The van der Waals surface area contributed by atoms with E-state index in [0.717, 1.165) is 0 Å². The zero-order valence-electron chi connectivity index (χ0n) is 12.8. The smallest absolute Gasteiger partial charge is 0.338 e. The highest BCUT2D eigenvalue weighted by Crippen LogP contribution is 2.12.